The van der Waals surface area contributed by atoms with Gasteiger partial charge in [-0.05, 0) is 30.4 Å². The Bertz CT molecular complexity index is 593. The number of carboxylic acid groups (broad SMARTS) is 1. The van der Waals surface area contributed by atoms with Crippen LogP contribution in [0.3, 0.4) is 0 Å². The number of rotatable bonds is 6. The molecule has 0 atom stereocenters. The fraction of sp³-hybridized carbons (Fsp3) is 0.357. The van der Waals surface area contributed by atoms with E-state index in [0.29, 0.717) is 18.7 Å². The number of hydrogen-bond acceptors (Lipinski definition) is 4. The van der Waals surface area contributed by atoms with Gasteiger partial charge in [-0.25, -0.2) is 9.48 Å². The number of thioether (sulfide) groups is 1. The molecule has 1 N–H and O–H groups in total. The standard InChI is InChI=1S/C14H17N3O2S/c1-3-4-12-13(14(18)19)15-16-17(12)9-10-5-7-11(20-2)8-6-10/h5-8H,3-4,9H2,1-2H3,(H,18,19). The third-order valence-electron chi connectivity index (χ3n) is 3.02. The molecule has 0 aliphatic heterocycles. The quantitative estimate of drug-likeness (QED) is 0.829. The van der Waals surface area contributed by atoms with Crippen LogP contribution in [-0.4, -0.2) is 32.3 Å². The maximum absolute atomic E-state index is 11.1. The van der Waals surface area contributed by atoms with Crippen molar-refractivity contribution < 1.29 is 9.90 Å². The van der Waals surface area contributed by atoms with Crippen molar-refractivity contribution in [3.05, 3.63) is 41.2 Å². The molecule has 0 unspecified atom stereocenters. The van der Waals surface area contributed by atoms with E-state index in [9.17, 15) is 4.79 Å². The summed E-state index contributed by atoms with van der Waals surface area (Å²) in [5.41, 5.74) is 1.84. The Balaban J connectivity index is 2.25. The number of aromatic nitrogens is 3. The van der Waals surface area contributed by atoms with Gasteiger partial charge in [0.15, 0.2) is 5.69 Å². The summed E-state index contributed by atoms with van der Waals surface area (Å²) in [4.78, 5) is 12.3. The van der Waals surface area contributed by atoms with Crippen LogP contribution in [0.25, 0.3) is 0 Å². The minimum atomic E-state index is -1.02. The molecule has 0 fully saturated rings. The molecule has 5 nitrogen and oxygen atoms in total. The number of carboxylic acids is 1. The first kappa shape index (κ1) is 14.6. The number of aromatic carboxylic acids is 1. The summed E-state index contributed by atoms with van der Waals surface area (Å²) in [6, 6.07) is 8.16. The van der Waals surface area contributed by atoms with E-state index in [0.717, 1.165) is 12.0 Å². The first-order valence-electron chi connectivity index (χ1n) is 6.44. The summed E-state index contributed by atoms with van der Waals surface area (Å²) >= 11 is 1.69. The predicted octanol–water partition coefficient (Wildman–Crippen LogP) is 2.70. The topological polar surface area (TPSA) is 68.0 Å². The van der Waals surface area contributed by atoms with Crippen molar-refractivity contribution in [2.24, 2.45) is 0 Å². The Labute approximate surface area is 122 Å². The van der Waals surface area contributed by atoms with Crippen LogP contribution in [0.2, 0.25) is 0 Å². The zero-order valence-electron chi connectivity index (χ0n) is 11.5. The lowest BCUT2D eigenvalue weighted by atomic mass is 10.2. The normalized spacial score (nSPS) is 10.7. The van der Waals surface area contributed by atoms with E-state index in [-0.39, 0.29) is 5.69 Å². The second-order valence-electron chi connectivity index (χ2n) is 4.45. The molecule has 0 saturated carbocycles. The predicted molar refractivity (Wildman–Crippen MR) is 78.3 cm³/mol. The van der Waals surface area contributed by atoms with E-state index in [1.54, 1.807) is 16.4 Å². The molecule has 0 aliphatic rings. The highest BCUT2D eigenvalue weighted by Gasteiger charge is 2.18. The molecule has 0 spiro atoms. The SMILES string of the molecule is CCCc1c(C(=O)O)nnn1Cc1ccc(SC)cc1. The lowest BCUT2D eigenvalue weighted by Gasteiger charge is -2.07. The van der Waals surface area contributed by atoms with Gasteiger partial charge in [0.25, 0.3) is 0 Å². The highest BCUT2D eigenvalue weighted by molar-refractivity contribution is 7.98. The third-order valence-corrected chi connectivity index (χ3v) is 3.76. The van der Waals surface area contributed by atoms with Crippen LogP contribution < -0.4 is 0 Å². The number of benzene rings is 1. The number of carbonyl (C=O) groups is 1. The maximum atomic E-state index is 11.1. The Morgan fingerprint density at radius 3 is 2.60 bits per heavy atom. The summed E-state index contributed by atoms with van der Waals surface area (Å²) in [5.74, 6) is -1.02. The second kappa shape index (κ2) is 6.56. The van der Waals surface area contributed by atoms with Crippen LogP contribution in [0, 0.1) is 0 Å². The monoisotopic (exact) mass is 291 g/mol. The molecule has 2 aromatic rings. The molecule has 0 bridgehead atoms. The van der Waals surface area contributed by atoms with Crippen LogP contribution >= 0.6 is 11.8 Å². The third kappa shape index (κ3) is 3.19. The van der Waals surface area contributed by atoms with Gasteiger partial charge in [-0.3, -0.25) is 0 Å². The zero-order chi connectivity index (χ0) is 14.5. The van der Waals surface area contributed by atoms with Crippen molar-refractivity contribution in [2.75, 3.05) is 6.26 Å². The van der Waals surface area contributed by atoms with Crippen molar-refractivity contribution in [3.8, 4) is 0 Å². The zero-order valence-corrected chi connectivity index (χ0v) is 12.4. The lowest BCUT2D eigenvalue weighted by Crippen LogP contribution is -2.09. The van der Waals surface area contributed by atoms with E-state index >= 15 is 0 Å². The Kier molecular flexibility index (Phi) is 4.79. The molecule has 1 aromatic heterocycles. The van der Waals surface area contributed by atoms with Gasteiger partial charge in [0.1, 0.15) is 0 Å². The minimum Gasteiger partial charge on any atom is -0.476 e. The van der Waals surface area contributed by atoms with Crippen LogP contribution in [0.15, 0.2) is 29.2 Å². The first-order valence-corrected chi connectivity index (χ1v) is 7.66. The average Bonchev–Trinajstić information content (AvgIpc) is 2.83. The van der Waals surface area contributed by atoms with E-state index in [4.69, 9.17) is 5.11 Å². The summed E-state index contributed by atoms with van der Waals surface area (Å²) in [5, 5.41) is 16.9. The summed E-state index contributed by atoms with van der Waals surface area (Å²) in [6.45, 7) is 2.56. The largest absolute Gasteiger partial charge is 0.476 e. The molecule has 6 heteroatoms. The maximum Gasteiger partial charge on any atom is 0.358 e. The minimum absolute atomic E-state index is 0.0626. The van der Waals surface area contributed by atoms with Gasteiger partial charge in [-0.1, -0.05) is 30.7 Å². The fourth-order valence-corrected chi connectivity index (χ4v) is 2.42. The van der Waals surface area contributed by atoms with Crippen molar-refractivity contribution in [2.45, 2.75) is 31.2 Å². The van der Waals surface area contributed by atoms with Crippen molar-refractivity contribution in [1.29, 1.82) is 0 Å². The summed E-state index contributed by atoms with van der Waals surface area (Å²) < 4.78 is 1.68. The average molecular weight is 291 g/mol. The van der Waals surface area contributed by atoms with E-state index in [1.807, 2.05) is 25.3 Å². The molecular formula is C14H17N3O2S. The second-order valence-corrected chi connectivity index (χ2v) is 5.33. The van der Waals surface area contributed by atoms with Gasteiger partial charge >= 0.3 is 5.97 Å². The lowest BCUT2D eigenvalue weighted by molar-refractivity contribution is 0.0689. The van der Waals surface area contributed by atoms with E-state index in [1.165, 1.54) is 4.90 Å². The van der Waals surface area contributed by atoms with Gasteiger partial charge in [-0.2, -0.15) is 0 Å². The summed E-state index contributed by atoms with van der Waals surface area (Å²) in [7, 11) is 0. The highest BCUT2D eigenvalue weighted by Crippen LogP contribution is 2.16. The van der Waals surface area contributed by atoms with Crippen LogP contribution in [0.4, 0.5) is 0 Å². The highest BCUT2D eigenvalue weighted by atomic mass is 32.2. The molecule has 0 aliphatic carbocycles. The van der Waals surface area contributed by atoms with E-state index < -0.39 is 5.97 Å². The fourth-order valence-electron chi connectivity index (χ4n) is 2.01. The van der Waals surface area contributed by atoms with Gasteiger partial charge in [0.2, 0.25) is 0 Å². The number of hydrogen-bond donors (Lipinski definition) is 1. The number of nitrogens with zero attached hydrogens (tertiary/aromatic N) is 3. The Morgan fingerprint density at radius 1 is 1.35 bits per heavy atom. The van der Waals surface area contributed by atoms with Crippen LogP contribution in [-0.2, 0) is 13.0 Å². The Morgan fingerprint density at radius 2 is 2.05 bits per heavy atom. The first-order chi connectivity index (χ1) is 9.65. The molecular weight excluding hydrogens is 274 g/mol. The molecule has 106 valence electrons. The Hall–Kier alpha value is -1.82. The van der Waals surface area contributed by atoms with Crippen molar-refractivity contribution >= 4 is 17.7 Å². The van der Waals surface area contributed by atoms with Crippen LogP contribution in [0.1, 0.15) is 35.1 Å². The van der Waals surface area contributed by atoms with E-state index in [2.05, 4.69) is 22.4 Å². The summed E-state index contributed by atoms with van der Waals surface area (Å²) in [6.07, 6.45) is 3.56. The molecule has 0 radical (unpaired) electrons. The van der Waals surface area contributed by atoms with Gasteiger partial charge in [0, 0.05) is 4.90 Å². The molecule has 1 heterocycles. The van der Waals surface area contributed by atoms with Gasteiger partial charge in [0.05, 0.1) is 12.2 Å². The molecule has 20 heavy (non-hydrogen) atoms. The van der Waals surface area contributed by atoms with Gasteiger partial charge in [-0.15, -0.1) is 16.9 Å². The molecule has 2 rings (SSSR count). The molecule has 0 amide bonds. The molecule has 0 saturated heterocycles. The van der Waals surface area contributed by atoms with Gasteiger partial charge < -0.3 is 5.11 Å². The molecule has 1 aromatic carbocycles. The van der Waals surface area contributed by atoms with Crippen LogP contribution in [0.5, 0.6) is 0 Å². The van der Waals surface area contributed by atoms with Crippen molar-refractivity contribution in [1.82, 2.24) is 15.0 Å². The smallest absolute Gasteiger partial charge is 0.358 e. The van der Waals surface area contributed by atoms with Crippen molar-refractivity contribution in [3.63, 3.8) is 0 Å².